The monoisotopic (exact) mass is 430 g/mol. The average Bonchev–Trinajstić information content (AvgIpc) is 2.57. The minimum absolute atomic E-state index is 0.162. The number of hydrogen-bond acceptors (Lipinski definition) is 4. The van der Waals surface area contributed by atoms with Crippen LogP contribution < -0.4 is 5.32 Å². The number of aliphatic carboxylic acids is 1. The van der Waals surface area contributed by atoms with E-state index in [2.05, 4.69) is 5.32 Å². The third kappa shape index (κ3) is 5.64. The number of amides is 2. The Morgan fingerprint density at radius 3 is 2.59 bits per heavy atom. The summed E-state index contributed by atoms with van der Waals surface area (Å²) >= 11 is 13.9. The lowest BCUT2D eigenvalue weighted by atomic mass is 10.0. The Bertz CT molecular complexity index is 779. The van der Waals surface area contributed by atoms with Gasteiger partial charge in [0.05, 0.1) is 22.5 Å². The standard InChI is InChI=1S/C18H20Cl2N2O4S/c1-10(7-15(24)25)18(26)21-12-8-22(9-12)14(23)6-4-11-3-5-13(27-2)17(20)16(11)19/h3-6,10,12H,7-9H2,1-2H3,(H,21,26)(H,24,25)/b6-4+. The van der Waals surface area contributed by atoms with Gasteiger partial charge in [-0.15, -0.1) is 11.8 Å². The fraction of sp³-hybridized carbons (Fsp3) is 0.389. The van der Waals surface area contributed by atoms with Crippen LogP contribution in [-0.2, 0) is 14.4 Å². The van der Waals surface area contributed by atoms with Crippen LogP contribution in [0.4, 0.5) is 0 Å². The van der Waals surface area contributed by atoms with Crippen molar-refractivity contribution in [2.75, 3.05) is 19.3 Å². The molecule has 1 atom stereocenters. The van der Waals surface area contributed by atoms with Crippen LogP contribution in [-0.4, -0.2) is 53.2 Å². The largest absolute Gasteiger partial charge is 0.481 e. The van der Waals surface area contributed by atoms with Crippen molar-refractivity contribution in [3.8, 4) is 0 Å². The number of hydrogen-bond donors (Lipinski definition) is 2. The van der Waals surface area contributed by atoms with E-state index in [1.54, 1.807) is 24.0 Å². The van der Waals surface area contributed by atoms with E-state index in [1.807, 2.05) is 12.3 Å². The van der Waals surface area contributed by atoms with Gasteiger partial charge in [0.15, 0.2) is 0 Å². The number of halogens is 2. The molecular formula is C18H20Cl2N2O4S. The van der Waals surface area contributed by atoms with Crippen LogP contribution >= 0.6 is 35.0 Å². The molecule has 1 aliphatic heterocycles. The van der Waals surface area contributed by atoms with Gasteiger partial charge < -0.3 is 15.3 Å². The molecule has 0 saturated carbocycles. The van der Waals surface area contributed by atoms with Gasteiger partial charge in [0, 0.05) is 30.0 Å². The molecule has 2 N–H and O–H groups in total. The molecule has 1 fully saturated rings. The Labute approximate surface area is 171 Å². The molecule has 0 spiro atoms. The second kappa shape index (κ2) is 9.48. The quantitative estimate of drug-likeness (QED) is 0.512. The topological polar surface area (TPSA) is 86.7 Å². The first-order chi connectivity index (χ1) is 12.7. The summed E-state index contributed by atoms with van der Waals surface area (Å²) < 4.78 is 0. The number of rotatable bonds is 7. The Morgan fingerprint density at radius 2 is 2.00 bits per heavy atom. The molecule has 0 aliphatic carbocycles. The van der Waals surface area contributed by atoms with Crippen LogP contribution in [0.3, 0.4) is 0 Å². The zero-order valence-electron chi connectivity index (χ0n) is 14.9. The summed E-state index contributed by atoms with van der Waals surface area (Å²) in [7, 11) is 0. The number of thioether (sulfide) groups is 1. The van der Waals surface area contributed by atoms with Crippen molar-refractivity contribution in [3.05, 3.63) is 33.8 Å². The highest BCUT2D eigenvalue weighted by molar-refractivity contribution is 7.98. The van der Waals surface area contributed by atoms with Gasteiger partial charge in [-0.1, -0.05) is 36.2 Å². The number of carbonyl (C=O) groups excluding carboxylic acids is 2. The second-order valence-electron chi connectivity index (χ2n) is 6.27. The van der Waals surface area contributed by atoms with Crippen molar-refractivity contribution in [3.63, 3.8) is 0 Å². The van der Waals surface area contributed by atoms with Crippen molar-refractivity contribution in [2.24, 2.45) is 5.92 Å². The lowest BCUT2D eigenvalue weighted by molar-refractivity contribution is -0.141. The van der Waals surface area contributed by atoms with Crippen LogP contribution in [0.1, 0.15) is 18.9 Å². The number of likely N-dealkylation sites (tertiary alicyclic amines) is 1. The second-order valence-corrected chi connectivity index (χ2v) is 7.87. The Morgan fingerprint density at radius 1 is 1.33 bits per heavy atom. The first-order valence-corrected chi connectivity index (χ1v) is 10.2. The third-order valence-electron chi connectivity index (χ3n) is 4.17. The van der Waals surface area contributed by atoms with Crippen molar-refractivity contribution >= 4 is 58.8 Å². The summed E-state index contributed by atoms with van der Waals surface area (Å²) in [5.74, 6) is -2.14. The average molecular weight is 431 g/mol. The fourth-order valence-electron chi connectivity index (χ4n) is 2.55. The highest BCUT2D eigenvalue weighted by Crippen LogP contribution is 2.35. The summed E-state index contributed by atoms with van der Waals surface area (Å²) in [6.07, 6.45) is 4.71. The summed E-state index contributed by atoms with van der Waals surface area (Å²) in [5.41, 5.74) is 0.653. The van der Waals surface area contributed by atoms with Gasteiger partial charge in [0.25, 0.3) is 0 Å². The van der Waals surface area contributed by atoms with Crippen LogP contribution in [0, 0.1) is 5.92 Å². The Hall–Kier alpha value is -1.70. The van der Waals surface area contributed by atoms with Crippen LogP contribution in [0.15, 0.2) is 23.1 Å². The maximum atomic E-state index is 12.2. The molecule has 27 heavy (non-hydrogen) atoms. The van der Waals surface area contributed by atoms with Gasteiger partial charge in [-0.25, -0.2) is 0 Å². The molecule has 0 radical (unpaired) electrons. The van der Waals surface area contributed by atoms with Crippen molar-refractivity contribution in [1.82, 2.24) is 10.2 Å². The summed E-state index contributed by atoms with van der Waals surface area (Å²) in [6, 6.07) is 3.48. The number of carbonyl (C=O) groups is 3. The van der Waals surface area contributed by atoms with Gasteiger partial charge in [-0.3, -0.25) is 14.4 Å². The lowest BCUT2D eigenvalue weighted by Gasteiger charge is -2.39. The van der Waals surface area contributed by atoms with Gasteiger partial charge in [-0.2, -0.15) is 0 Å². The normalized spacial score (nSPS) is 15.5. The van der Waals surface area contributed by atoms with Crippen LogP contribution in [0.2, 0.25) is 10.0 Å². The van der Waals surface area contributed by atoms with Gasteiger partial charge in [-0.05, 0) is 24.0 Å². The molecule has 2 amide bonds. The van der Waals surface area contributed by atoms with Gasteiger partial charge >= 0.3 is 5.97 Å². The zero-order valence-corrected chi connectivity index (χ0v) is 17.2. The first kappa shape index (κ1) is 21.6. The molecule has 1 aliphatic rings. The molecule has 1 aromatic carbocycles. The molecule has 0 bridgehead atoms. The Kier molecular flexibility index (Phi) is 7.59. The fourth-order valence-corrected chi connectivity index (χ4v) is 3.72. The molecule has 146 valence electrons. The first-order valence-electron chi connectivity index (χ1n) is 8.24. The molecule has 9 heteroatoms. The van der Waals surface area contributed by atoms with E-state index in [0.29, 0.717) is 28.7 Å². The minimum Gasteiger partial charge on any atom is -0.481 e. The van der Waals surface area contributed by atoms with E-state index < -0.39 is 11.9 Å². The van der Waals surface area contributed by atoms with Crippen LogP contribution in [0.25, 0.3) is 6.08 Å². The molecule has 2 rings (SSSR count). The molecule has 1 heterocycles. The van der Waals surface area contributed by atoms with E-state index in [9.17, 15) is 14.4 Å². The number of carboxylic acid groups (broad SMARTS) is 1. The predicted octanol–water partition coefficient (Wildman–Crippen LogP) is 3.17. The molecule has 0 aromatic heterocycles. The highest BCUT2D eigenvalue weighted by atomic mass is 35.5. The summed E-state index contributed by atoms with van der Waals surface area (Å²) in [4.78, 5) is 37.1. The summed E-state index contributed by atoms with van der Waals surface area (Å²) in [6.45, 7) is 2.33. The van der Waals surface area contributed by atoms with Crippen molar-refractivity contribution in [2.45, 2.75) is 24.3 Å². The maximum absolute atomic E-state index is 12.2. The molecule has 6 nitrogen and oxygen atoms in total. The van der Waals surface area contributed by atoms with Crippen molar-refractivity contribution < 1.29 is 19.5 Å². The molecular weight excluding hydrogens is 411 g/mol. The van der Waals surface area contributed by atoms with E-state index >= 15 is 0 Å². The third-order valence-corrected chi connectivity index (χ3v) is 5.96. The Balaban J connectivity index is 1.85. The number of carboxylic acids is 1. The molecule has 1 aromatic rings. The maximum Gasteiger partial charge on any atom is 0.304 e. The SMILES string of the molecule is CSc1ccc(/C=C/C(=O)N2CC(NC(=O)C(C)CC(=O)O)C2)c(Cl)c1Cl. The van der Waals surface area contributed by atoms with Crippen LogP contribution in [0.5, 0.6) is 0 Å². The zero-order chi connectivity index (χ0) is 20.1. The molecule has 1 saturated heterocycles. The van der Waals surface area contributed by atoms with Gasteiger partial charge in [0.2, 0.25) is 11.8 Å². The van der Waals surface area contributed by atoms with E-state index in [1.165, 1.54) is 17.8 Å². The molecule has 1 unspecified atom stereocenters. The number of benzene rings is 1. The number of nitrogens with one attached hydrogen (secondary N) is 1. The van der Waals surface area contributed by atoms with E-state index in [-0.39, 0.29) is 24.3 Å². The summed E-state index contributed by atoms with van der Waals surface area (Å²) in [5, 5.41) is 12.3. The van der Waals surface area contributed by atoms with Gasteiger partial charge in [0.1, 0.15) is 0 Å². The highest BCUT2D eigenvalue weighted by Gasteiger charge is 2.31. The predicted molar refractivity (Wildman–Crippen MR) is 107 cm³/mol. The van der Waals surface area contributed by atoms with E-state index in [0.717, 1.165) is 4.90 Å². The van der Waals surface area contributed by atoms with Crippen molar-refractivity contribution in [1.29, 1.82) is 0 Å². The number of nitrogens with zero attached hydrogens (tertiary/aromatic N) is 1. The lowest BCUT2D eigenvalue weighted by Crippen LogP contribution is -2.61. The smallest absolute Gasteiger partial charge is 0.304 e. The minimum atomic E-state index is -1.02. The van der Waals surface area contributed by atoms with E-state index in [4.69, 9.17) is 28.3 Å².